The van der Waals surface area contributed by atoms with Gasteiger partial charge in [-0.1, -0.05) is 48.0 Å². The van der Waals surface area contributed by atoms with Crippen molar-refractivity contribution in [2.45, 2.75) is 20.4 Å². The summed E-state index contributed by atoms with van der Waals surface area (Å²) < 4.78 is 13.5. The number of nitrogens with zero attached hydrogens (tertiary/aromatic N) is 1. The maximum atomic E-state index is 13.5. The Morgan fingerprint density at radius 3 is 2.47 bits per heavy atom. The number of hydrogen-bond donors (Lipinski definition) is 0. The van der Waals surface area contributed by atoms with Crippen LogP contribution in [0, 0.1) is 17.7 Å². The molecule has 0 heterocycles. The zero-order chi connectivity index (χ0) is 12.8. The molecule has 1 rings (SSSR count). The third-order valence-corrected chi connectivity index (χ3v) is 3.92. The van der Waals surface area contributed by atoms with E-state index < -0.39 is 0 Å². The van der Waals surface area contributed by atoms with E-state index in [9.17, 15) is 4.39 Å². The molecule has 0 bridgehead atoms. The van der Waals surface area contributed by atoms with Gasteiger partial charge in [0.15, 0.2) is 0 Å². The molecule has 1 unspecified atom stereocenters. The predicted octanol–water partition coefficient (Wildman–Crippen LogP) is 3.92. The number of benzene rings is 1. The summed E-state index contributed by atoms with van der Waals surface area (Å²) in [4.78, 5) is 2.18. The Hall–Kier alpha value is -0.410. The van der Waals surface area contributed by atoms with Crippen molar-refractivity contribution in [2.24, 2.45) is 11.8 Å². The molecule has 3 heteroatoms. The van der Waals surface area contributed by atoms with Gasteiger partial charge >= 0.3 is 0 Å². The van der Waals surface area contributed by atoms with E-state index in [4.69, 9.17) is 0 Å². The lowest BCUT2D eigenvalue weighted by molar-refractivity contribution is 0.245. The first-order valence-electron chi connectivity index (χ1n) is 6.02. The van der Waals surface area contributed by atoms with Gasteiger partial charge in [0, 0.05) is 24.0 Å². The highest BCUT2D eigenvalue weighted by Gasteiger charge is 2.15. The Bertz CT molecular complexity index is 341. The highest BCUT2D eigenvalue weighted by molar-refractivity contribution is 9.09. The van der Waals surface area contributed by atoms with E-state index in [1.165, 1.54) is 6.07 Å². The number of halogens is 2. The monoisotopic (exact) mass is 301 g/mol. The van der Waals surface area contributed by atoms with E-state index in [-0.39, 0.29) is 5.82 Å². The summed E-state index contributed by atoms with van der Waals surface area (Å²) in [6.45, 7) is 6.10. The second-order valence-electron chi connectivity index (χ2n) is 4.95. The van der Waals surface area contributed by atoms with Crippen molar-refractivity contribution in [1.82, 2.24) is 4.90 Å². The molecule has 96 valence electrons. The van der Waals surface area contributed by atoms with Crippen LogP contribution in [0.4, 0.5) is 4.39 Å². The molecule has 0 saturated carbocycles. The number of alkyl halides is 1. The van der Waals surface area contributed by atoms with Crippen molar-refractivity contribution in [3.63, 3.8) is 0 Å². The van der Waals surface area contributed by atoms with E-state index in [1.54, 1.807) is 6.07 Å². The summed E-state index contributed by atoms with van der Waals surface area (Å²) >= 11 is 3.54. The molecule has 0 radical (unpaired) electrons. The van der Waals surface area contributed by atoms with Crippen molar-refractivity contribution in [2.75, 3.05) is 18.9 Å². The van der Waals surface area contributed by atoms with Crippen LogP contribution in [0.15, 0.2) is 24.3 Å². The van der Waals surface area contributed by atoms with Gasteiger partial charge in [0.05, 0.1) is 0 Å². The van der Waals surface area contributed by atoms with Crippen LogP contribution in [0.5, 0.6) is 0 Å². The fourth-order valence-corrected chi connectivity index (χ4v) is 2.77. The standard InChI is InChI=1S/C14H21BrFN/c1-11(2)13(8-15)10-17(3)9-12-6-4-5-7-14(12)16/h4-7,11,13H,8-10H2,1-3H3. The number of rotatable bonds is 6. The molecule has 0 N–H and O–H groups in total. The molecule has 0 fully saturated rings. The van der Waals surface area contributed by atoms with Crippen molar-refractivity contribution < 1.29 is 4.39 Å². The van der Waals surface area contributed by atoms with Crippen LogP contribution in [0.25, 0.3) is 0 Å². The maximum Gasteiger partial charge on any atom is 0.127 e. The maximum absolute atomic E-state index is 13.5. The molecule has 17 heavy (non-hydrogen) atoms. The molecule has 0 aliphatic heterocycles. The normalized spacial score (nSPS) is 13.4. The molecule has 0 aliphatic carbocycles. The minimum Gasteiger partial charge on any atom is -0.302 e. The molecular formula is C14H21BrFN. The summed E-state index contributed by atoms with van der Waals surface area (Å²) in [5.74, 6) is 1.13. The van der Waals surface area contributed by atoms with Crippen LogP contribution in [0.2, 0.25) is 0 Å². The van der Waals surface area contributed by atoms with Crippen LogP contribution < -0.4 is 0 Å². The number of hydrogen-bond acceptors (Lipinski definition) is 1. The molecule has 0 saturated heterocycles. The van der Waals surface area contributed by atoms with Gasteiger partial charge in [0.1, 0.15) is 5.82 Å². The van der Waals surface area contributed by atoms with Crippen molar-refractivity contribution in [1.29, 1.82) is 0 Å². The fraction of sp³-hybridized carbons (Fsp3) is 0.571. The zero-order valence-electron chi connectivity index (χ0n) is 10.8. The van der Waals surface area contributed by atoms with Gasteiger partial charge in [0.25, 0.3) is 0 Å². The van der Waals surface area contributed by atoms with Crippen LogP contribution in [0.1, 0.15) is 19.4 Å². The summed E-state index contributed by atoms with van der Waals surface area (Å²) in [5, 5.41) is 0.992. The fourth-order valence-electron chi connectivity index (χ4n) is 1.82. The Kier molecular flexibility index (Phi) is 6.14. The molecule has 0 aliphatic rings. The second kappa shape index (κ2) is 7.12. The summed E-state index contributed by atoms with van der Waals surface area (Å²) in [6, 6.07) is 6.99. The Labute approximate surface area is 112 Å². The Balaban J connectivity index is 2.55. The van der Waals surface area contributed by atoms with Gasteiger partial charge < -0.3 is 4.90 Å². The molecule has 1 atom stereocenters. The highest BCUT2D eigenvalue weighted by Crippen LogP contribution is 2.16. The summed E-state index contributed by atoms with van der Waals surface area (Å²) in [6.07, 6.45) is 0. The molecule has 0 amide bonds. The van der Waals surface area contributed by atoms with Crippen LogP contribution in [-0.4, -0.2) is 23.8 Å². The molecule has 1 nitrogen and oxygen atoms in total. The molecule has 0 aromatic heterocycles. The van der Waals surface area contributed by atoms with Crippen molar-refractivity contribution in [3.8, 4) is 0 Å². The first-order valence-corrected chi connectivity index (χ1v) is 7.14. The van der Waals surface area contributed by atoms with Crippen LogP contribution >= 0.6 is 15.9 Å². The van der Waals surface area contributed by atoms with Gasteiger partial charge in [-0.25, -0.2) is 4.39 Å². The molecule has 1 aromatic carbocycles. The third kappa shape index (κ3) is 4.76. The molecule has 1 aromatic rings. The van der Waals surface area contributed by atoms with Gasteiger partial charge in [-0.2, -0.15) is 0 Å². The lowest BCUT2D eigenvalue weighted by Crippen LogP contribution is -2.29. The van der Waals surface area contributed by atoms with E-state index in [1.807, 2.05) is 19.2 Å². The average molecular weight is 302 g/mol. The Morgan fingerprint density at radius 2 is 1.94 bits per heavy atom. The van der Waals surface area contributed by atoms with Crippen molar-refractivity contribution in [3.05, 3.63) is 35.6 Å². The van der Waals surface area contributed by atoms with E-state index in [2.05, 4.69) is 34.7 Å². The summed E-state index contributed by atoms with van der Waals surface area (Å²) in [7, 11) is 2.05. The van der Waals surface area contributed by atoms with Gasteiger partial charge in [-0.3, -0.25) is 0 Å². The van der Waals surface area contributed by atoms with Gasteiger partial charge in [0.2, 0.25) is 0 Å². The van der Waals surface area contributed by atoms with Crippen LogP contribution in [-0.2, 0) is 6.54 Å². The van der Waals surface area contributed by atoms with Gasteiger partial charge in [-0.15, -0.1) is 0 Å². The SMILES string of the molecule is CC(C)C(CBr)CN(C)Cc1ccccc1F. The third-order valence-electron chi connectivity index (χ3n) is 3.09. The lowest BCUT2D eigenvalue weighted by Gasteiger charge is -2.25. The quantitative estimate of drug-likeness (QED) is 0.720. The highest BCUT2D eigenvalue weighted by atomic mass is 79.9. The minimum atomic E-state index is -0.112. The topological polar surface area (TPSA) is 3.24 Å². The van der Waals surface area contributed by atoms with E-state index >= 15 is 0 Å². The first kappa shape index (κ1) is 14.7. The zero-order valence-corrected chi connectivity index (χ0v) is 12.4. The lowest BCUT2D eigenvalue weighted by atomic mass is 9.97. The molecule has 0 spiro atoms. The summed E-state index contributed by atoms with van der Waals surface area (Å²) in [5.41, 5.74) is 0.770. The van der Waals surface area contributed by atoms with Crippen LogP contribution in [0.3, 0.4) is 0 Å². The smallest absolute Gasteiger partial charge is 0.127 e. The van der Waals surface area contributed by atoms with E-state index in [0.717, 1.165) is 17.4 Å². The largest absolute Gasteiger partial charge is 0.302 e. The Morgan fingerprint density at radius 1 is 1.29 bits per heavy atom. The van der Waals surface area contributed by atoms with Crippen molar-refractivity contribution >= 4 is 15.9 Å². The van der Waals surface area contributed by atoms with E-state index in [0.29, 0.717) is 18.4 Å². The average Bonchev–Trinajstić information content (AvgIpc) is 2.28. The molecular weight excluding hydrogens is 281 g/mol. The second-order valence-corrected chi connectivity index (χ2v) is 5.59. The first-order chi connectivity index (χ1) is 8.04. The minimum absolute atomic E-state index is 0.112. The van der Waals surface area contributed by atoms with Gasteiger partial charge in [-0.05, 0) is 24.9 Å². The predicted molar refractivity (Wildman–Crippen MR) is 74.9 cm³/mol.